The molecule has 0 bridgehead atoms. The minimum Gasteiger partial charge on any atom is -0.494 e. The summed E-state index contributed by atoms with van der Waals surface area (Å²) in [6.45, 7) is 2.07. The molecule has 0 amide bonds. The number of carbonyl (C=O) groups excluding carboxylic acids is 1. The van der Waals surface area contributed by atoms with Gasteiger partial charge in [-0.1, -0.05) is 24.3 Å². The highest BCUT2D eigenvalue weighted by Gasteiger charge is 2.47. The second kappa shape index (κ2) is 13.5. The highest BCUT2D eigenvalue weighted by atomic mass is 31.2. The number of nitrogens with zero attached hydrogens (tertiary/aromatic N) is 2. The molecule has 4 rings (SSSR count). The molecule has 0 aliphatic rings. The monoisotopic (exact) mass is 601 g/mol. The molecule has 0 aliphatic heterocycles. The van der Waals surface area contributed by atoms with Crippen LogP contribution >= 0.6 is 7.60 Å². The zero-order chi connectivity index (χ0) is 30.3. The molecule has 2 heterocycles. The number of fused-ring (bicyclic) bond motifs is 3. The van der Waals surface area contributed by atoms with Crippen molar-refractivity contribution in [3.63, 3.8) is 0 Å². The smallest absolute Gasteiger partial charge is 0.394 e. The van der Waals surface area contributed by atoms with Crippen molar-refractivity contribution in [1.82, 2.24) is 9.97 Å². The van der Waals surface area contributed by atoms with E-state index in [0.717, 1.165) is 52.2 Å². The van der Waals surface area contributed by atoms with Gasteiger partial charge in [0.25, 0.3) is 0 Å². The number of nitrogen functional groups attached to an aromatic ring is 1. The first kappa shape index (κ1) is 31.3. The van der Waals surface area contributed by atoms with Gasteiger partial charge in [-0.05, 0) is 80.0 Å². The molecule has 12 heteroatoms. The Kier molecular flexibility index (Phi) is 10.1. The Morgan fingerprint density at radius 2 is 1.69 bits per heavy atom. The van der Waals surface area contributed by atoms with Gasteiger partial charge in [0.05, 0.1) is 18.7 Å². The van der Waals surface area contributed by atoms with Gasteiger partial charge in [0.2, 0.25) is 0 Å². The molecule has 2 aromatic heterocycles. The predicted molar refractivity (Wildman–Crippen MR) is 157 cm³/mol. The third-order valence-electron chi connectivity index (χ3n) is 6.87. The molecule has 0 radical (unpaired) electrons. The van der Waals surface area contributed by atoms with Crippen molar-refractivity contribution >= 4 is 41.2 Å². The van der Waals surface area contributed by atoms with Crippen molar-refractivity contribution in [3.05, 3.63) is 71.4 Å². The highest BCUT2D eigenvalue weighted by Crippen LogP contribution is 2.55. The fraction of sp³-hybridized carbons (Fsp3) is 0.367. The summed E-state index contributed by atoms with van der Waals surface area (Å²) in [5.74, 6) is 0.619. The van der Waals surface area contributed by atoms with Crippen molar-refractivity contribution in [3.8, 4) is 5.75 Å². The summed E-state index contributed by atoms with van der Waals surface area (Å²) < 4.78 is 48.0. The average molecular weight is 602 g/mol. The summed E-state index contributed by atoms with van der Waals surface area (Å²) in [6.07, 6.45) is 3.98. The first-order valence-corrected chi connectivity index (χ1v) is 15.4. The molecule has 4 aromatic rings. The maximum absolute atomic E-state index is 13.4. The van der Waals surface area contributed by atoms with Crippen LogP contribution in [0.2, 0.25) is 0 Å². The predicted octanol–water partition coefficient (Wildman–Crippen LogP) is 5.97. The van der Waals surface area contributed by atoms with E-state index in [0.29, 0.717) is 36.5 Å². The van der Waals surface area contributed by atoms with E-state index in [1.165, 1.54) is 0 Å². The van der Waals surface area contributed by atoms with Gasteiger partial charge in [0.1, 0.15) is 11.3 Å². The molecule has 0 saturated heterocycles. The number of hydrogen-bond acceptors (Lipinski definition) is 7. The molecule has 2 aromatic carbocycles. The molecule has 4 N–H and O–H groups in total. The Balaban J connectivity index is 1.33. The van der Waals surface area contributed by atoms with Crippen LogP contribution in [0, 0.1) is 0 Å². The minimum absolute atomic E-state index is 0.0759. The van der Waals surface area contributed by atoms with Crippen molar-refractivity contribution < 1.29 is 37.4 Å². The molecular weight excluding hydrogens is 567 g/mol. The summed E-state index contributed by atoms with van der Waals surface area (Å²) in [6, 6.07) is 15.3. The van der Waals surface area contributed by atoms with Crippen LogP contribution < -0.4 is 10.5 Å². The zero-order valence-electron chi connectivity index (χ0n) is 23.3. The van der Waals surface area contributed by atoms with Gasteiger partial charge < -0.3 is 25.0 Å². The van der Waals surface area contributed by atoms with Gasteiger partial charge in [0, 0.05) is 29.8 Å². The number of anilines is 1. The van der Waals surface area contributed by atoms with E-state index in [4.69, 9.17) is 25.0 Å². The Labute approximate surface area is 242 Å². The van der Waals surface area contributed by atoms with Crippen LogP contribution in [0.4, 0.5) is 14.6 Å². The van der Waals surface area contributed by atoms with E-state index in [2.05, 4.69) is 16.0 Å². The summed E-state index contributed by atoms with van der Waals surface area (Å²) in [5, 5.41) is 1.86. The number of halogens is 2. The normalized spacial score (nSPS) is 12.1. The van der Waals surface area contributed by atoms with Crippen molar-refractivity contribution in [2.24, 2.45) is 0 Å². The number of benzene rings is 2. The van der Waals surface area contributed by atoms with E-state index < -0.39 is 19.7 Å². The van der Waals surface area contributed by atoms with Crippen LogP contribution in [0.5, 0.6) is 5.75 Å². The van der Waals surface area contributed by atoms with E-state index >= 15 is 0 Å². The maximum atomic E-state index is 13.4. The second-order valence-electron chi connectivity index (χ2n) is 10.1. The molecule has 0 spiro atoms. The number of carbonyl (C=O) groups is 1. The zero-order valence-corrected chi connectivity index (χ0v) is 24.2. The van der Waals surface area contributed by atoms with Crippen molar-refractivity contribution in [1.29, 1.82) is 0 Å². The van der Waals surface area contributed by atoms with E-state index in [1.807, 2.05) is 36.5 Å². The van der Waals surface area contributed by atoms with E-state index in [1.54, 1.807) is 19.1 Å². The van der Waals surface area contributed by atoms with E-state index in [-0.39, 0.29) is 19.0 Å². The third-order valence-corrected chi connectivity index (χ3v) is 7.95. The molecule has 0 fully saturated rings. The molecule has 9 nitrogen and oxygen atoms in total. The van der Waals surface area contributed by atoms with Crippen LogP contribution in [0.25, 0.3) is 21.8 Å². The summed E-state index contributed by atoms with van der Waals surface area (Å²) >= 11 is 0. The minimum atomic E-state index is -5.47. The quantitative estimate of drug-likeness (QED) is 0.0689. The first-order valence-electron chi connectivity index (χ1n) is 13.7. The highest BCUT2D eigenvalue weighted by molar-refractivity contribution is 7.53. The number of rotatable bonds is 14. The molecule has 0 atom stereocenters. The second-order valence-corrected chi connectivity index (χ2v) is 11.8. The number of esters is 1. The number of aromatic nitrogens is 2. The lowest BCUT2D eigenvalue weighted by Gasteiger charge is -2.17. The lowest BCUT2D eigenvalue weighted by molar-refractivity contribution is -0.143. The number of hydrogen-bond donors (Lipinski definition) is 3. The summed E-state index contributed by atoms with van der Waals surface area (Å²) in [7, 11) is -5.47. The molecular formula is C30H34F2N3O6P. The van der Waals surface area contributed by atoms with Crippen LogP contribution in [0.15, 0.2) is 54.7 Å². The topological polar surface area (TPSA) is 145 Å². The molecule has 42 heavy (non-hydrogen) atoms. The molecule has 224 valence electrons. The van der Waals surface area contributed by atoms with Gasteiger partial charge >= 0.3 is 19.2 Å². The standard InChI is InChI=1S/C30H34F2N3O6P/c1-2-40-27(36)14-10-21-9-13-24-25-17-22(19-34-28(25)29(33)35-26(24)18-21)6-3-5-20-7-11-23(12-8-20)41-16-4-15-30(31,32)42(37,38)39/h7-9,11-13,17-19H,2-6,10,14-16H2,1H3,(H2,33,35)(H2,37,38,39). The Bertz CT molecular complexity index is 1590. The fourth-order valence-corrected chi connectivity index (χ4v) is 5.09. The van der Waals surface area contributed by atoms with Gasteiger partial charge in [-0.2, -0.15) is 8.78 Å². The number of aryl methyl sites for hydroxylation is 3. The van der Waals surface area contributed by atoms with E-state index in [9.17, 15) is 18.1 Å². The van der Waals surface area contributed by atoms with Crippen LogP contribution in [0.1, 0.15) is 49.3 Å². The first-order chi connectivity index (χ1) is 20.0. The molecule has 0 saturated carbocycles. The lowest BCUT2D eigenvalue weighted by Crippen LogP contribution is -2.17. The lowest BCUT2D eigenvalue weighted by atomic mass is 10.0. The maximum Gasteiger partial charge on any atom is 0.394 e. The average Bonchev–Trinajstić information content (AvgIpc) is 2.94. The summed E-state index contributed by atoms with van der Waals surface area (Å²) in [5.41, 5.74) is 6.69. The number of pyridine rings is 2. The van der Waals surface area contributed by atoms with Gasteiger partial charge in [-0.25, -0.2) is 4.98 Å². The van der Waals surface area contributed by atoms with Gasteiger partial charge in [0.15, 0.2) is 5.82 Å². The Hall–Kier alpha value is -3.66. The van der Waals surface area contributed by atoms with Crippen LogP contribution in [-0.4, -0.2) is 44.6 Å². The molecule has 0 unspecified atom stereocenters. The van der Waals surface area contributed by atoms with Gasteiger partial charge in [-0.3, -0.25) is 14.3 Å². The van der Waals surface area contributed by atoms with Crippen molar-refractivity contribution in [2.75, 3.05) is 18.9 Å². The molecule has 0 aliphatic carbocycles. The Morgan fingerprint density at radius 3 is 2.40 bits per heavy atom. The number of nitrogens with two attached hydrogens (primary N) is 1. The largest absolute Gasteiger partial charge is 0.494 e. The SMILES string of the molecule is CCOC(=O)CCc1ccc2c(c1)nc(N)c1ncc(CCCc3ccc(OCCCC(F)(F)P(=O)(O)O)cc3)cc12. The van der Waals surface area contributed by atoms with Crippen molar-refractivity contribution in [2.45, 2.75) is 57.5 Å². The van der Waals surface area contributed by atoms with Crippen LogP contribution in [0.3, 0.4) is 0 Å². The Morgan fingerprint density at radius 1 is 0.976 bits per heavy atom. The van der Waals surface area contributed by atoms with Gasteiger partial charge in [-0.15, -0.1) is 0 Å². The summed E-state index contributed by atoms with van der Waals surface area (Å²) in [4.78, 5) is 38.2. The fourth-order valence-electron chi connectivity index (χ4n) is 4.64. The third kappa shape index (κ3) is 8.00. The number of alkyl halides is 2. The number of ether oxygens (including phenoxy) is 2. The van der Waals surface area contributed by atoms with Crippen LogP contribution in [-0.2, 0) is 33.4 Å².